The van der Waals surface area contributed by atoms with E-state index >= 15 is 0 Å². The van der Waals surface area contributed by atoms with Crippen molar-refractivity contribution in [2.24, 2.45) is 11.3 Å². The van der Waals surface area contributed by atoms with Gasteiger partial charge in [0.1, 0.15) is 12.6 Å². The second-order valence-electron chi connectivity index (χ2n) is 10.4. The number of nitrogens with one attached hydrogen (secondary N) is 2. The van der Waals surface area contributed by atoms with E-state index < -0.39 is 35.0 Å². The number of carbonyl (C=O) groups is 3. The average molecular weight is 481 g/mol. The Labute approximate surface area is 207 Å². The van der Waals surface area contributed by atoms with Gasteiger partial charge in [-0.2, -0.15) is 0 Å². The van der Waals surface area contributed by atoms with E-state index in [4.69, 9.17) is 4.74 Å². The van der Waals surface area contributed by atoms with Crippen molar-refractivity contribution in [3.8, 4) is 11.1 Å². The highest BCUT2D eigenvalue weighted by Gasteiger charge is 2.46. The molecule has 1 unspecified atom stereocenters. The molecule has 188 valence electrons. The smallest absolute Gasteiger partial charge is 0.407 e. The van der Waals surface area contributed by atoms with Crippen LogP contribution in [0, 0.1) is 11.3 Å². The third kappa shape index (κ3) is 5.19. The van der Waals surface area contributed by atoms with Crippen LogP contribution < -0.4 is 10.6 Å². The summed E-state index contributed by atoms with van der Waals surface area (Å²) in [6, 6.07) is 15.2. The Bertz CT molecular complexity index is 1060. The van der Waals surface area contributed by atoms with Crippen LogP contribution >= 0.6 is 0 Å². The molecule has 0 aromatic heterocycles. The number of carboxylic acid groups (broad SMARTS) is 1. The number of fused-ring (bicyclic) bond motifs is 3. The van der Waals surface area contributed by atoms with Gasteiger partial charge in [-0.15, -0.1) is 0 Å². The Morgan fingerprint density at radius 3 is 1.97 bits per heavy atom. The summed E-state index contributed by atoms with van der Waals surface area (Å²) >= 11 is 0. The molecule has 0 aliphatic heterocycles. The van der Waals surface area contributed by atoms with Crippen LogP contribution in [0.4, 0.5) is 4.79 Å². The zero-order chi connectivity index (χ0) is 26.0. The number of hydrogen-bond acceptors (Lipinski definition) is 4. The molecule has 1 aliphatic rings. The lowest BCUT2D eigenvalue weighted by Gasteiger charge is -2.41. The van der Waals surface area contributed by atoms with Crippen LogP contribution in [0.2, 0.25) is 0 Å². The van der Waals surface area contributed by atoms with Gasteiger partial charge in [0.05, 0.1) is 11.0 Å². The van der Waals surface area contributed by atoms with Crippen LogP contribution in [0.5, 0.6) is 0 Å². The maximum Gasteiger partial charge on any atom is 0.407 e. The van der Waals surface area contributed by atoms with Crippen molar-refractivity contribution in [3.05, 3.63) is 59.7 Å². The van der Waals surface area contributed by atoms with Gasteiger partial charge in [0, 0.05) is 5.92 Å². The van der Waals surface area contributed by atoms with Crippen LogP contribution in [0.1, 0.15) is 65.0 Å². The maximum absolute atomic E-state index is 13.1. The van der Waals surface area contributed by atoms with E-state index in [1.54, 1.807) is 34.6 Å². The third-order valence-corrected chi connectivity index (χ3v) is 7.65. The first-order valence-corrected chi connectivity index (χ1v) is 12.1. The maximum atomic E-state index is 13.1. The Kier molecular flexibility index (Phi) is 7.58. The second-order valence-corrected chi connectivity index (χ2v) is 10.4. The van der Waals surface area contributed by atoms with Gasteiger partial charge in [-0.05, 0) is 55.9 Å². The van der Waals surface area contributed by atoms with E-state index in [9.17, 15) is 19.5 Å². The predicted octanol–water partition coefficient (Wildman–Crippen LogP) is 4.95. The molecule has 3 N–H and O–H groups in total. The lowest BCUT2D eigenvalue weighted by atomic mass is 9.73. The summed E-state index contributed by atoms with van der Waals surface area (Å²) < 4.78 is 5.65. The fourth-order valence-corrected chi connectivity index (χ4v) is 4.33. The van der Waals surface area contributed by atoms with Crippen molar-refractivity contribution in [3.63, 3.8) is 0 Å². The SMILES string of the molecule is CCC(C)[C@H](NC(=O)C(C)(C)C(C)(C)NC(=O)OCC1c2ccccc2-c2ccccc21)C(=O)O. The molecule has 0 radical (unpaired) electrons. The number of carboxylic acids is 1. The van der Waals surface area contributed by atoms with Gasteiger partial charge in [-0.25, -0.2) is 9.59 Å². The minimum Gasteiger partial charge on any atom is -0.480 e. The first-order valence-electron chi connectivity index (χ1n) is 12.1. The number of aliphatic carboxylic acids is 1. The molecule has 0 fully saturated rings. The lowest BCUT2D eigenvalue weighted by Crippen LogP contribution is -2.61. The van der Waals surface area contributed by atoms with Crippen LogP contribution in [-0.2, 0) is 14.3 Å². The molecular weight excluding hydrogens is 444 g/mol. The highest BCUT2D eigenvalue weighted by molar-refractivity contribution is 5.88. The number of amides is 2. The van der Waals surface area contributed by atoms with Crippen LogP contribution in [0.3, 0.4) is 0 Å². The van der Waals surface area contributed by atoms with Gasteiger partial charge in [0.2, 0.25) is 5.91 Å². The largest absolute Gasteiger partial charge is 0.480 e. The third-order valence-electron chi connectivity index (χ3n) is 7.65. The fourth-order valence-electron chi connectivity index (χ4n) is 4.33. The first kappa shape index (κ1) is 26.3. The van der Waals surface area contributed by atoms with Crippen molar-refractivity contribution < 1.29 is 24.2 Å². The molecule has 2 aromatic rings. The summed E-state index contributed by atoms with van der Waals surface area (Å²) in [7, 11) is 0. The Balaban J connectivity index is 1.68. The summed E-state index contributed by atoms with van der Waals surface area (Å²) in [6.45, 7) is 10.6. The second kappa shape index (κ2) is 10.1. The average Bonchev–Trinajstić information content (AvgIpc) is 3.13. The lowest BCUT2D eigenvalue weighted by molar-refractivity contribution is -0.146. The zero-order valence-corrected chi connectivity index (χ0v) is 21.3. The summed E-state index contributed by atoms with van der Waals surface area (Å²) in [5.74, 6) is -1.83. The zero-order valence-electron chi connectivity index (χ0n) is 21.3. The van der Waals surface area contributed by atoms with Gasteiger partial charge in [0.15, 0.2) is 0 Å². The van der Waals surface area contributed by atoms with Gasteiger partial charge >= 0.3 is 12.1 Å². The van der Waals surface area contributed by atoms with Crippen molar-refractivity contribution in [2.75, 3.05) is 6.61 Å². The monoisotopic (exact) mass is 480 g/mol. The van der Waals surface area contributed by atoms with Crippen LogP contribution in [-0.4, -0.2) is 41.3 Å². The van der Waals surface area contributed by atoms with Crippen molar-refractivity contribution >= 4 is 18.0 Å². The predicted molar refractivity (Wildman–Crippen MR) is 135 cm³/mol. The molecule has 0 spiro atoms. The molecule has 7 heteroatoms. The quantitative estimate of drug-likeness (QED) is 0.471. The van der Waals surface area contributed by atoms with Crippen LogP contribution in [0.15, 0.2) is 48.5 Å². The molecule has 7 nitrogen and oxygen atoms in total. The van der Waals surface area contributed by atoms with Gasteiger partial charge in [0.25, 0.3) is 0 Å². The standard InChI is InChI=1S/C28H36N2O5/c1-7-17(2)23(24(31)32)29-25(33)27(3,4)28(5,6)30-26(34)35-16-22-20-14-10-8-12-18(20)19-13-9-11-15-21(19)22/h8-15,17,22-23H,7,16H2,1-6H3,(H,29,33)(H,30,34)(H,31,32)/t17?,23-/m0/s1. The number of rotatable bonds is 9. The molecule has 1 aliphatic carbocycles. The van der Waals surface area contributed by atoms with Crippen LogP contribution in [0.25, 0.3) is 11.1 Å². The summed E-state index contributed by atoms with van der Waals surface area (Å²) in [6.07, 6.45) is -0.0200. The Morgan fingerprint density at radius 1 is 0.971 bits per heavy atom. The molecule has 35 heavy (non-hydrogen) atoms. The highest BCUT2D eigenvalue weighted by Crippen LogP contribution is 2.44. The van der Waals surface area contributed by atoms with Gasteiger partial charge < -0.3 is 20.5 Å². The number of alkyl carbamates (subject to hydrolysis) is 1. The molecular formula is C28H36N2O5. The van der Waals surface area contributed by atoms with E-state index in [0.717, 1.165) is 22.3 Å². The van der Waals surface area contributed by atoms with E-state index in [2.05, 4.69) is 34.9 Å². The van der Waals surface area contributed by atoms with Gasteiger partial charge in [-0.3, -0.25) is 4.79 Å². The summed E-state index contributed by atoms with van der Waals surface area (Å²) in [5, 5.41) is 15.0. The van der Waals surface area contributed by atoms with E-state index in [1.165, 1.54) is 0 Å². The molecule has 0 saturated heterocycles. The number of carbonyl (C=O) groups excluding carboxylic acids is 2. The normalized spacial score (nSPS) is 14.9. The minimum atomic E-state index is -1.11. The summed E-state index contributed by atoms with van der Waals surface area (Å²) in [5.41, 5.74) is 2.39. The molecule has 2 atom stereocenters. The van der Waals surface area contributed by atoms with Crippen molar-refractivity contribution in [1.29, 1.82) is 0 Å². The molecule has 0 bridgehead atoms. The van der Waals surface area contributed by atoms with Crippen molar-refractivity contribution in [1.82, 2.24) is 10.6 Å². The molecule has 3 rings (SSSR count). The number of benzene rings is 2. The Hall–Kier alpha value is -3.35. The molecule has 2 amide bonds. The Morgan fingerprint density at radius 2 is 1.49 bits per heavy atom. The molecule has 0 heterocycles. The number of ether oxygens (including phenoxy) is 1. The summed E-state index contributed by atoms with van der Waals surface area (Å²) in [4.78, 5) is 37.6. The minimum absolute atomic E-state index is 0.0700. The fraction of sp³-hybridized carbons (Fsp3) is 0.464. The highest BCUT2D eigenvalue weighted by atomic mass is 16.5. The topological polar surface area (TPSA) is 105 Å². The number of hydrogen-bond donors (Lipinski definition) is 3. The molecule has 0 saturated carbocycles. The van der Waals surface area contributed by atoms with Crippen molar-refractivity contribution in [2.45, 2.75) is 65.5 Å². The molecule has 2 aromatic carbocycles. The van der Waals surface area contributed by atoms with E-state index in [1.807, 2.05) is 31.2 Å². The van der Waals surface area contributed by atoms with E-state index in [0.29, 0.717) is 6.42 Å². The van der Waals surface area contributed by atoms with E-state index in [-0.39, 0.29) is 18.4 Å². The first-order chi connectivity index (χ1) is 16.4. The van der Waals surface area contributed by atoms with Gasteiger partial charge in [-0.1, -0.05) is 68.8 Å².